The summed E-state index contributed by atoms with van der Waals surface area (Å²) in [6, 6.07) is 0. The lowest BCUT2D eigenvalue weighted by molar-refractivity contribution is -0.178. The van der Waals surface area contributed by atoms with Gasteiger partial charge in [0.15, 0.2) is 47.5 Å². The highest BCUT2D eigenvalue weighted by Gasteiger charge is 2.37. The van der Waals surface area contributed by atoms with Crippen molar-refractivity contribution in [1.29, 1.82) is 0 Å². The minimum atomic E-state index is -1.19. The number of ketones is 4. The zero-order valence-corrected chi connectivity index (χ0v) is 26.4. The minimum Gasteiger partial charge on any atom is -0.453 e. The van der Waals surface area contributed by atoms with Crippen molar-refractivity contribution in [2.45, 2.75) is 131 Å². The standard InChI is InChI=1S/2C14H24O6/c2*1-8(15)9(2)19-13(17)11(4)20-14(5,6)12(16)10(3)18-7/h2*9-11H,1-7H3. The quantitative estimate of drug-likeness (QED) is 0.248. The number of carbonyl (C=O) groups excluding carboxylic acids is 6. The summed E-state index contributed by atoms with van der Waals surface area (Å²) in [7, 11) is 2.84. The maximum atomic E-state index is 12.0. The summed E-state index contributed by atoms with van der Waals surface area (Å²) >= 11 is 0. The van der Waals surface area contributed by atoms with E-state index in [1.807, 2.05) is 0 Å². The van der Waals surface area contributed by atoms with Crippen LogP contribution in [0.15, 0.2) is 0 Å². The second-order valence-corrected chi connectivity index (χ2v) is 10.4. The molecule has 0 saturated heterocycles. The Kier molecular flexibility index (Phi) is 17.1. The van der Waals surface area contributed by atoms with Crippen LogP contribution in [0.25, 0.3) is 0 Å². The topological polar surface area (TPSA) is 158 Å². The van der Waals surface area contributed by atoms with Crippen molar-refractivity contribution in [2.24, 2.45) is 0 Å². The number of methoxy groups -OCH3 is 2. The van der Waals surface area contributed by atoms with Crippen LogP contribution in [0.5, 0.6) is 0 Å². The fourth-order valence-electron chi connectivity index (χ4n) is 3.00. The van der Waals surface area contributed by atoms with Gasteiger partial charge in [-0.25, -0.2) is 9.59 Å². The molecule has 0 rings (SSSR count). The smallest absolute Gasteiger partial charge is 0.335 e. The van der Waals surface area contributed by atoms with E-state index in [4.69, 9.17) is 28.4 Å². The molecule has 0 radical (unpaired) electrons. The average Bonchev–Trinajstić information content (AvgIpc) is 2.85. The van der Waals surface area contributed by atoms with E-state index in [0.29, 0.717) is 0 Å². The highest BCUT2D eigenvalue weighted by atomic mass is 16.6. The predicted molar refractivity (Wildman–Crippen MR) is 145 cm³/mol. The zero-order chi connectivity index (χ0) is 32.2. The molecule has 0 aromatic heterocycles. The summed E-state index contributed by atoms with van der Waals surface area (Å²) in [5, 5.41) is 0. The molecule has 40 heavy (non-hydrogen) atoms. The highest BCUT2D eigenvalue weighted by Crippen LogP contribution is 2.19. The lowest BCUT2D eigenvalue weighted by Crippen LogP contribution is -2.46. The van der Waals surface area contributed by atoms with Gasteiger partial charge in [-0.3, -0.25) is 19.2 Å². The van der Waals surface area contributed by atoms with Gasteiger partial charge in [0, 0.05) is 14.2 Å². The molecule has 0 saturated carbocycles. The molecule has 0 heterocycles. The molecule has 0 aliphatic heterocycles. The number of hydrogen-bond donors (Lipinski definition) is 0. The molecule has 0 aromatic rings. The third-order valence-corrected chi connectivity index (χ3v) is 5.97. The lowest BCUT2D eigenvalue weighted by atomic mass is 9.99. The molecule has 0 bridgehead atoms. The van der Waals surface area contributed by atoms with E-state index in [0.717, 1.165) is 0 Å². The minimum absolute atomic E-state index is 0.256. The second kappa shape index (κ2) is 17.3. The van der Waals surface area contributed by atoms with Gasteiger partial charge in [-0.1, -0.05) is 0 Å². The summed E-state index contributed by atoms with van der Waals surface area (Å²) in [5.41, 5.74) is -2.37. The summed E-state index contributed by atoms with van der Waals surface area (Å²) in [6.45, 7) is 18.0. The summed E-state index contributed by atoms with van der Waals surface area (Å²) in [5.74, 6) is -2.43. The number of carbonyl (C=O) groups is 6. The number of ether oxygens (including phenoxy) is 6. The van der Waals surface area contributed by atoms with E-state index in [1.165, 1.54) is 55.8 Å². The molecule has 6 atom stereocenters. The largest absolute Gasteiger partial charge is 0.453 e. The Morgan fingerprint density at radius 3 is 0.925 bits per heavy atom. The third kappa shape index (κ3) is 13.7. The van der Waals surface area contributed by atoms with Gasteiger partial charge in [0.2, 0.25) is 0 Å². The maximum Gasteiger partial charge on any atom is 0.335 e. The summed E-state index contributed by atoms with van der Waals surface area (Å²) in [6.07, 6.45) is -4.84. The molecule has 0 N–H and O–H groups in total. The fourth-order valence-corrected chi connectivity index (χ4v) is 3.00. The Bertz CT molecular complexity index is 820. The normalized spacial score (nSPS) is 16.1. The van der Waals surface area contributed by atoms with Gasteiger partial charge in [0.25, 0.3) is 0 Å². The van der Waals surface area contributed by atoms with E-state index < -0.39 is 59.8 Å². The average molecular weight is 577 g/mol. The molecule has 232 valence electrons. The van der Waals surface area contributed by atoms with Crippen molar-refractivity contribution in [1.82, 2.24) is 0 Å². The Labute approximate surface area is 237 Å². The van der Waals surface area contributed by atoms with Gasteiger partial charge < -0.3 is 28.4 Å². The first-order valence-electron chi connectivity index (χ1n) is 13.0. The number of rotatable bonds is 16. The first-order valence-corrected chi connectivity index (χ1v) is 13.0. The fraction of sp³-hybridized carbons (Fsp3) is 0.786. The van der Waals surface area contributed by atoms with Gasteiger partial charge in [0.1, 0.15) is 23.4 Å². The molecule has 0 fully saturated rings. The molecule has 0 aromatic carbocycles. The molecule has 0 aliphatic carbocycles. The van der Waals surface area contributed by atoms with Crippen LogP contribution in [-0.2, 0) is 57.2 Å². The highest BCUT2D eigenvalue weighted by molar-refractivity contribution is 5.91. The van der Waals surface area contributed by atoms with Crippen molar-refractivity contribution >= 4 is 35.1 Å². The first-order chi connectivity index (χ1) is 18.0. The number of esters is 2. The maximum absolute atomic E-state index is 12.0. The Balaban J connectivity index is 0. The summed E-state index contributed by atoms with van der Waals surface area (Å²) < 4.78 is 30.7. The van der Waals surface area contributed by atoms with Crippen molar-refractivity contribution in [3.63, 3.8) is 0 Å². The molecular weight excluding hydrogens is 528 g/mol. The first kappa shape index (κ1) is 39.6. The summed E-state index contributed by atoms with van der Waals surface area (Å²) in [4.78, 5) is 69.6. The van der Waals surface area contributed by atoms with Gasteiger partial charge in [-0.05, 0) is 83.1 Å². The molecule has 0 amide bonds. The third-order valence-electron chi connectivity index (χ3n) is 5.97. The number of hydrogen-bond acceptors (Lipinski definition) is 12. The van der Waals surface area contributed by atoms with Crippen LogP contribution in [-0.4, -0.2) is 97.1 Å². The van der Waals surface area contributed by atoms with Crippen LogP contribution < -0.4 is 0 Å². The van der Waals surface area contributed by atoms with Gasteiger partial charge in [-0.15, -0.1) is 0 Å². The van der Waals surface area contributed by atoms with Crippen LogP contribution in [0.1, 0.15) is 83.1 Å². The van der Waals surface area contributed by atoms with Crippen LogP contribution in [0.4, 0.5) is 0 Å². The number of Topliss-reactive ketones (excluding diaryl/α,β-unsaturated/α-hetero) is 4. The van der Waals surface area contributed by atoms with Gasteiger partial charge in [0.05, 0.1) is 0 Å². The molecule has 0 aliphatic rings. The molecule has 6 unspecified atom stereocenters. The van der Waals surface area contributed by atoms with Crippen LogP contribution in [0, 0.1) is 0 Å². The van der Waals surface area contributed by atoms with Crippen LogP contribution >= 0.6 is 0 Å². The van der Waals surface area contributed by atoms with E-state index in [2.05, 4.69) is 0 Å². The monoisotopic (exact) mass is 576 g/mol. The zero-order valence-electron chi connectivity index (χ0n) is 26.4. The van der Waals surface area contributed by atoms with Crippen LogP contribution in [0.3, 0.4) is 0 Å². The molecular formula is C28H48O12. The van der Waals surface area contributed by atoms with Gasteiger partial charge >= 0.3 is 11.9 Å². The molecule has 0 spiro atoms. The predicted octanol–water partition coefficient (Wildman–Crippen LogP) is 2.59. The van der Waals surface area contributed by atoms with Crippen molar-refractivity contribution in [3.8, 4) is 0 Å². The van der Waals surface area contributed by atoms with E-state index in [1.54, 1.807) is 41.5 Å². The van der Waals surface area contributed by atoms with Gasteiger partial charge in [-0.2, -0.15) is 0 Å². The van der Waals surface area contributed by atoms with E-state index >= 15 is 0 Å². The Morgan fingerprint density at radius 1 is 0.475 bits per heavy atom. The molecule has 12 heteroatoms. The van der Waals surface area contributed by atoms with Crippen molar-refractivity contribution in [2.75, 3.05) is 14.2 Å². The Hall–Kier alpha value is -2.54. The Morgan fingerprint density at radius 2 is 0.725 bits per heavy atom. The SMILES string of the molecule is COC(C)C(=O)C(C)(C)OC(C)C(=O)OC(C)C(C)=O.COC(C)C(=O)C(C)(C)OC(C)C(=O)OC(C)C(C)=O. The lowest BCUT2D eigenvalue weighted by Gasteiger charge is -2.29. The van der Waals surface area contributed by atoms with E-state index in [9.17, 15) is 28.8 Å². The van der Waals surface area contributed by atoms with Crippen LogP contribution in [0.2, 0.25) is 0 Å². The van der Waals surface area contributed by atoms with Crippen molar-refractivity contribution < 1.29 is 57.2 Å². The second-order valence-electron chi connectivity index (χ2n) is 10.4. The van der Waals surface area contributed by atoms with E-state index in [-0.39, 0.29) is 23.1 Å². The molecule has 12 nitrogen and oxygen atoms in total. The van der Waals surface area contributed by atoms with Crippen molar-refractivity contribution in [3.05, 3.63) is 0 Å².